The lowest BCUT2D eigenvalue weighted by Gasteiger charge is -2.33. The number of rotatable bonds is 2. The maximum absolute atomic E-state index is 8.78. The van der Waals surface area contributed by atoms with E-state index >= 15 is 0 Å². The smallest absolute Gasteiger partial charge is 0.0624 e. The van der Waals surface area contributed by atoms with E-state index in [0.29, 0.717) is 12.3 Å². The first-order chi connectivity index (χ1) is 9.38. The Morgan fingerprint density at radius 2 is 1.79 bits per heavy atom. The first-order valence-corrected chi connectivity index (χ1v) is 6.98. The third-order valence-corrected chi connectivity index (χ3v) is 4.10. The minimum atomic E-state index is 0.594. The molecule has 1 heterocycles. The summed E-state index contributed by atoms with van der Waals surface area (Å²) < 4.78 is 0. The average molecular weight is 250 g/mol. The van der Waals surface area contributed by atoms with Crippen LogP contribution in [0, 0.1) is 17.2 Å². The normalized spacial score (nSPS) is 16.5. The highest BCUT2D eigenvalue weighted by molar-refractivity contribution is 5.94. The number of hydrogen-bond donors (Lipinski definition) is 0. The first-order valence-electron chi connectivity index (χ1n) is 6.98. The van der Waals surface area contributed by atoms with Gasteiger partial charge in [-0.3, -0.25) is 0 Å². The molecule has 0 unspecified atom stereocenters. The Bertz CT molecular complexity index is 599. The zero-order valence-corrected chi connectivity index (χ0v) is 11.0. The van der Waals surface area contributed by atoms with Gasteiger partial charge in [0.15, 0.2) is 0 Å². The Hall–Kier alpha value is -2.01. The molecule has 1 fully saturated rings. The number of fused-ring (bicyclic) bond motifs is 1. The number of anilines is 1. The minimum Gasteiger partial charge on any atom is -0.371 e. The van der Waals surface area contributed by atoms with E-state index in [1.807, 2.05) is 0 Å². The minimum absolute atomic E-state index is 0.594. The molecule has 0 aliphatic carbocycles. The van der Waals surface area contributed by atoms with Gasteiger partial charge in [-0.05, 0) is 30.2 Å². The van der Waals surface area contributed by atoms with Crippen LogP contribution in [0.5, 0.6) is 0 Å². The number of piperidine rings is 1. The summed E-state index contributed by atoms with van der Waals surface area (Å²) in [7, 11) is 0. The summed E-state index contributed by atoms with van der Waals surface area (Å²) in [6.07, 6.45) is 2.98. The monoisotopic (exact) mass is 250 g/mol. The van der Waals surface area contributed by atoms with Crippen LogP contribution in [0.4, 0.5) is 5.69 Å². The van der Waals surface area contributed by atoms with Gasteiger partial charge < -0.3 is 4.90 Å². The summed E-state index contributed by atoms with van der Waals surface area (Å²) in [5, 5.41) is 11.4. The summed E-state index contributed by atoms with van der Waals surface area (Å²) >= 11 is 0. The highest BCUT2D eigenvalue weighted by Gasteiger charge is 2.20. The van der Waals surface area contributed by atoms with Crippen molar-refractivity contribution in [3.05, 3.63) is 42.5 Å². The molecule has 2 heteroatoms. The molecule has 0 radical (unpaired) electrons. The van der Waals surface area contributed by atoms with E-state index in [2.05, 4.69) is 53.4 Å². The van der Waals surface area contributed by atoms with Gasteiger partial charge in [0.25, 0.3) is 0 Å². The fourth-order valence-corrected chi connectivity index (χ4v) is 2.99. The lowest BCUT2D eigenvalue weighted by atomic mass is 9.93. The van der Waals surface area contributed by atoms with Crippen LogP contribution in [0.3, 0.4) is 0 Å². The topological polar surface area (TPSA) is 27.0 Å². The third-order valence-electron chi connectivity index (χ3n) is 4.10. The van der Waals surface area contributed by atoms with Crippen molar-refractivity contribution in [1.82, 2.24) is 0 Å². The molecular weight excluding hydrogens is 232 g/mol. The molecule has 19 heavy (non-hydrogen) atoms. The van der Waals surface area contributed by atoms with Crippen molar-refractivity contribution in [2.24, 2.45) is 5.92 Å². The molecule has 1 saturated heterocycles. The van der Waals surface area contributed by atoms with Gasteiger partial charge in [0.2, 0.25) is 0 Å². The molecule has 0 N–H and O–H groups in total. The van der Waals surface area contributed by atoms with Crippen LogP contribution >= 0.6 is 0 Å². The number of benzene rings is 2. The van der Waals surface area contributed by atoms with Gasteiger partial charge in [0.05, 0.1) is 6.07 Å². The van der Waals surface area contributed by atoms with E-state index in [-0.39, 0.29) is 0 Å². The van der Waals surface area contributed by atoms with Crippen LogP contribution in [0.25, 0.3) is 10.8 Å². The Morgan fingerprint density at radius 1 is 1.05 bits per heavy atom. The summed E-state index contributed by atoms with van der Waals surface area (Å²) in [6.45, 7) is 2.14. The highest BCUT2D eigenvalue weighted by atomic mass is 15.1. The van der Waals surface area contributed by atoms with E-state index in [0.717, 1.165) is 25.9 Å². The molecule has 3 rings (SSSR count). The summed E-state index contributed by atoms with van der Waals surface area (Å²) in [4.78, 5) is 2.47. The predicted octanol–water partition coefficient (Wildman–Crippen LogP) is 3.97. The third kappa shape index (κ3) is 2.42. The molecular formula is C17H18N2. The average Bonchev–Trinajstić information content (AvgIpc) is 2.48. The molecule has 2 nitrogen and oxygen atoms in total. The standard InChI is InChI=1S/C17H18N2/c18-11-8-14-9-12-19(13-10-14)17-7-3-5-15-4-1-2-6-16(15)17/h1-7,14H,8-10,12-13H2. The Kier molecular flexibility index (Phi) is 3.37. The van der Waals surface area contributed by atoms with Crippen LogP contribution in [0.15, 0.2) is 42.5 Å². The second-order valence-corrected chi connectivity index (χ2v) is 5.29. The zero-order chi connectivity index (χ0) is 13.1. The van der Waals surface area contributed by atoms with E-state index in [1.165, 1.54) is 16.5 Å². The van der Waals surface area contributed by atoms with Gasteiger partial charge in [0, 0.05) is 30.6 Å². The van der Waals surface area contributed by atoms with Gasteiger partial charge in [0.1, 0.15) is 0 Å². The fourth-order valence-electron chi connectivity index (χ4n) is 2.99. The van der Waals surface area contributed by atoms with E-state index < -0.39 is 0 Å². The molecule has 1 aliphatic heterocycles. The molecule has 2 aromatic carbocycles. The second kappa shape index (κ2) is 5.32. The van der Waals surface area contributed by atoms with E-state index in [1.54, 1.807) is 0 Å². The molecule has 0 saturated carbocycles. The predicted molar refractivity (Wildman–Crippen MR) is 79.1 cm³/mol. The molecule has 0 aromatic heterocycles. The summed E-state index contributed by atoms with van der Waals surface area (Å²) in [5.41, 5.74) is 1.34. The quantitative estimate of drug-likeness (QED) is 0.806. The molecule has 0 atom stereocenters. The lowest BCUT2D eigenvalue weighted by molar-refractivity contribution is 0.413. The van der Waals surface area contributed by atoms with Crippen molar-refractivity contribution in [1.29, 1.82) is 5.26 Å². The lowest BCUT2D eigenvalue weighted by Crippen LogP contribution is -2.33. The number of nitriles is 1. The van der Waals surface area contributed by atoms with Crippen LogP contribution in [0.1, 0.15) is 19.3 Å². The van der Waals surface area contributed by atoms with Crippen molar-refractivity contribution in [2.45, 2.75) is 19.3 Å². The van der Waals surface area contributed by atoms with E-state index in [9.17, 15) is 0 Å². The van der Waals surface area contributed by atoms with Crippen LogP contribution < -0.4 is 4.90 Å². The number of hydrogen-bond acceptors (Lipinski definition) is 2. The SMILES string of the molecule is N#CCC1CCN(c2cccc3ccccc23)CC1. The van der Waals surface area contributed by atoms with Gasteiger partial charge in [-0.1, -0.05) is 36.4 Å². The fraction of sp³-hybridized carbons (Fsp3) is 0.353. The van der Waals surface area contributed by atoms with Crippen LogP contribution in [0.2, 0.25) is 0 Å². The molecule has 0 amide bonds. The van der Waals surface area contributed by atoms with E-state index in [4.69, 9.17) is 5.26 Å². The first kappa shape index (κ1) is 12.0. The van der Waals surface area contributed by atoms with Gasteiger partial charge >= 0.3 is 0 Å². The molecule has 0 bridgehead atoms. The van der Waals surface area contributed by atoms with Gasteiger partial charge in [-0.25, -0.2) is 0 Å². The molecule has 2 aromatic rings. The summed E-state index contributed by atoms with van der Waals surface area (Å²) in [6, 6.07) is 17.4. The molecule has 1 aliphatic rings. The molecule has 0 spiro atoms. The molecule has 96 valence electrons. The highest BCUT2D eigenvalue weighted by Crippen LogP contribution is 2.30. The number of nitrogens with zero attached hydrogens (tertiary/aromatic N) is 2. The summed E-state index contributed by atoms with van der Waals surface area (Å²) in [5.74, 6) is 0.594. The Labute approximate surface area is 114 Å². The van der Waals surface area contributed by atoms with Gasteiger partial charge in [-0.15, -0.1) is 0 Å². The van der Waals surface area contributed by atoms with Crippen molar-refractivity contribution < 1.29 is 0 Å². The zero-order valence-electron chi connectivity index (χ0n) is 11.0. The Morgan fingerprint density at radius 3 is 2.58 bits per heavy atom. The second-order valence-electron chi connectivity index (χ2n) is 5.29. The van der Waals surface area contributed by atoms with Crippen molar-refractivity contribution in [3.8, 4) is 6.07 Å². The van der Waals surface area contributed by atoms with Crippen LogP contribution in [-0.2, 0) is 0 Å². The maximum Gasteiger partial charge on any atom is 0.0624 e. The van der Waals surface area contributed by atoms with Crippen molar-refractivity contribution in [2.75, 3.05) is 18.0 Å². The largest absolute Gasteiger partial charge is 0.371 e. The van der Waals surface area contributed by atoms with Gasteiger partial charge in [-0.2, -0.15) is 5.26 Å². The van der Waals surface area contributed by atoms with Crippen molar-refractivity contribution in [3.63, 3.8) is 0 Å². The van der Waals surface area contributed by atoms with Crippen molar-refractivity contribution >= 4 is 16.5 Å². The Balaban J connectivity index is 1.84. The maximum atomic E-state index is 8.78. The van der Waals surface area contributed by atoms with Crippen LogP contribution in [-0.4, -0.2) is 13.1 Å².